The van der Waals surface area contributed by atoms with E-state index in [-0.39, 0.29) is 17.8 Å². The number of aliphatic imine (C=N–C) groups is 1. The Morgan fingerprint density at radius 2 is 2.21 bits per heavy atom. The highest BCUT2D eigenvalue weighted by molar-refractivity contribution is 9.10. The predicted octanol–water partition coefficient (Wildman–Crippen LogP) is 4.78. The molecule has 3 heterocycles. The fraction of sp³-hybridized carbons (Fsp3) is 0.409. The van der Waals surface area contributed by atoms with E-state index in [2.05, 4.69) is 40.3 Å². The topological polar surface area (TPSA) is 78.9 Å². The molecule has 0 amide bonds. The van der Waals surface area contributed by atoms with Crippen molar-refractivity contribution in [1.29, 1.82) is 0 Å². The van der Waals surface area contributed by atoms with Crippen LogP contribution in [-0.2, 0) is 9.53 Å². The number of halogens is 2. The van der Waals surface area contributed by atoms with Crippen molar-refractivity contribution in [2.45, 2.75) is 33.2 Å². The summed E-state index contributed by atoms with van der Waals surface area (Å²) >= 11 is 6.13. The first-order chi connectivity index (χ1) is 16.0. The maximum atomic E-state index is 12.2. The summed E-state index contributed by atoms with van der Waals surface area (Å²) in [6.45, 7) is 7.29. The molecule has 33 heavy (non-hydrogen) atoms. The monoisotopic (exact) mass is 557 g/mol. The number of rotatable bonds is 6. The molecule has 2 N–H and O–H groups in total. The van der Waals surface area contributed by atoms with Crippen LogP contribution in [0, 0.1) is 5.82 Å². The Kier molecular flexibility index (Phi) is 12.0. The van der Waals surface area contributed by atoms with Gasteiger partial charge in [-0.05, 0) is 32.2 Å². The number of esters is 1. The van der Waals surface area contributed by atoms with Gasteiger partial charge in [0.25, 0.3) is 0 Å². The number of aromatic nitrogens is 1. The van der Waals surface area contributed by atoms with Gasteiger partial charge in [0.05, 0.1) is 18.7 Å². The minimum Gasteiger partial charge on any atom is -0.463 e. The van der Waals surface area contributed by atoms with E-state index in [0.29, 0.717) is 18.7 Å². The van der Waals surface area contributed by atoms with E-state index in [9.17, 15) is 9.18 Å². The summed E-state index contributed by atoms with van der Waals surface area (Å²) in [4.78, 5) is 23.3. The Hall–Kier alpha value is -1.79. The summed E-state index contributed by atoms with van der Waals surface area (Å²) < 4.78 is 24.5. The molecule has 0 radical (unpaired) electrons. The number of thiazole rings is 1. The second kappa shape index (κ2) is 14.5. The second-order valence-corrected chi connectivity index (χ2v) is 9.16. The SMILES string of the molecule is CC.CCOC(=O)C1=C2CC(NSNC)CN2C(c2nccs2)=NC1.Fc1cccc(Br)c1. The van der Waals surface area contributed by atoms with Crippen molar-refractivity contribution >= 4 is 51.2 Å². The maximum Gasteiger partial charge on any atom is 0.337 e. The van der Waals surface area contributed by atoms with Crippen LogP contribution < -0.4 is 9.44 Å². The smallest absolute Gasteiger partial charge is 0.337 e. The Morgan fingerprint density at radius 3 is 2.79 bits per heavy atom. The molecule has 4 rings (SSSR count). The van der Waals surface area contributed by atoms with Crippen molar-refractivity contribution < 1.29 is 13.9 Å². The summed E-state index contributed by atoms with van der Waals surface area (Å²) in [6.07, 6.45) is 2.54. The van der Waals surface area contributed by atoms with Crippen molar-refractivity contribution in [3.8, 4) is 0 Å². The van der Waals surface area contributed by atoms with Gasteiger partial charge in [-0.15, -0.1) is 11.3 Å². The highest BCUT2D eigenvalue weighted by Crippen LogP contribution is 2.32. The van der Waals surface area contributed by atoms with Crippen molar-refractivity contribution in [2.75, 3.05) is 26.7 Å². The molecule has 2 aromatic rings. The lowest BCUT2D eigenvalue weighted by Gasteiger charge is -2.26. The summed E-state index contributed by atoms with van der Waals surface area (Å²) in [6, 6.07) is 6.49. The van der Waals surface area contributed by atoms with E-state index in [4.69, 9.17) is 4.74 Å². The van der Waals surface area contributed by atoms with Crippen LogP contribution in [-0.4, -0.2) is 54.5 Å². The molecule has 2 aliphatic heterocycles. The van der Waals surface area contributed by atoms with E-state index in [1.54, 1.807) is 29.7 Å². The van der Waals surface area contributed by atoms with Gasteiger partial charge in [-0.25, -0.2) is 18.9 Å². The van der Waals surface area contributed by atoms with Crippen LogP contribution in [0.15, 0.2) is 56.6 Å². The van der Waals surface area contributed by atoms with Gasteiger partial charge < -0.3 is 9.64 Å². The Labute approximate surface area is 211 Å². The predicted molar refractivity (Wildman–Crippen MR) is 138 cm³/mol. The average molecular weight is 559 g/mol. The molecule has 11 heteroatoms. The zero-order chi connectivity index (χ0) is 24.2. The number of fused-ring (bicyclic) bond motifs is 1. The van der Waals surface area contributed by atoms with Gasteiger partial charge >= 0.3 is 5.97 Å². The molecule has 1 atom stereocenters. The molecular formula is C22H29BrFN5O2S2. The Balaban J connectivity index is 0.000000323. The second-order valence-electron chi connectivity index (χ2n) is 6.50. The van der Waals surface area contributed by atoms with Crippen molar-refractivity contribution in [2.24, 2.45) is 4.99 Å². The number of nitrogens with zero attached hydrogens (tertiary/aromatic N) is 3. The summed E-state index contributed by atoms with van der Waals surface area (Å²) in [5, 5.41) is 2.82. The van der Waals surface area contributed by atoms with Gasteiger partial charge in [-0.3, -0.25) is 9.71 Å². The number of amidine groups is 1. The van der Waals surface area contributed by atoms with E-state index in [1.165, 1.54) is 24.3 Å². The molecule has 1 saturated heterocycles. The van der Waals surface area contributed by atoms with E-state index >= 15 is 0 Å². The highest BCUT2D eigenvalue weighted by Gasteiger charge is 2.37. The Morgan fingerprint density at radius 1 is 1.42 bits per heavy atom. The van der Waals surface area contributed by atoms with Crippen LogP contribution in [0.3, 0.4) is 0 Å². The zero-order valence-electron chi connectivity index (χ0n) is 19.1. The van der Waals surface area contributed by atoms with Gasteiger partial charge in [-0.1, -0.05) is 35.8 Å². The average Bonchev–Trinajstić information content (AvgIpc) is 3.49. The molecule has 0 bridgehead atoms. The first kappa shape index (κ1) is 27.5. The standard InChI is InChI=1S/C14H19N5O2S2.C6H4BrF.C2H6/c1-3-21-14(20)10-7-17-12(13-16-4-5-22-13)19-8-9(6-11(10)19)18-23-15-2;7-5-2-1-3-6(8)4-5;1-2/h4-5,9,15,18H,3,6-8H2,1-2H3;1-4H;1-2H3. The lowest BCUT2D eigenvalue weighted by atomic mass is 10.1. The molecule has 1 unspecified atom stereocenters. The molecule has 1 fully saturated rings. The van der Waals surface area contributed by atoms with E-state index < -0.39 is 0 Å². The first-order valence-corrected chi connectivity index (χ1v) is 13.1. The number of carbonyl (C=O) groups excluding carboxylic acids is 1. The third-order valence-electron chi connectivity index (χ3n) is 4.42. The van der Waals surface area contributed by atoms with Crippen LogP contribution in [0.25, 0.3) is 0 Å². The number of hydrogen-bond acceptors (Lipinski definition) is 9. The molecule has 1 aromatic carbocycles. The summed E-state index contributed by atoms with van der Waals surface area (Å²) in [5.41, 5.74) is 1.66. The van der Waals surface area contributed by atoms with Gasteiger partial charge in [-0.2, -0.15) is 0 Å². The molecular weight excluding hydrogens is 529 g/mol. The van der Waals surface area contributed by atoms with Crippen molar-refractivity contribution in [3.63, 3.8) is 0 Å². The first-order valence-electron chi connectivity index (χ1n) is 10.6. The van der Waals surface area contributed by atoms with Gasteiger partial charge in [0.1, 0.15) is 5.82 Å². The van der Waals surface area contributed by atoms with Crippen LogP contribution in [0.1, 0.15) is 32.2 Å². The van der Waals surface area contributed by atoms with Crippen LogP contribution in [0.5, 0.6) is 0 Å². The Bertz CT molecular complexity index is 939. The highest BCUT2D eigenvalue weighted by atomic mass is 79.9. The summed E-state index contributed by atoms with van der Waals surface area (Å²) in [5.74, 6) is 0.373. The molecule has 0 saturated carbocycles. The molecule has 180 valence electrons. The van der Waals surface area contributed by atoms with Crippen LogP contribution >= 0.6 is 39.4 Å². The van der Waals surface area contributed by atoms with Crippen molar-refractivity contribution in [3.05, 3.63) is 62.4 Å². The molecule has 2 aliphatic rings. The summed E-state index contributed by atoms with van der Waals surface area (Å²) in [7, 11) is 1.87. The third kappa shape index (κ3) is 7.89. The zero-order valence-corrected chi connectivity index (χ0v) is 22.3. The quantitative estimate of drug-likeness (QED) is 0.390. The third-order valence-corrected chi connectivity index (χ3v) is 6.34. The molecule has 0 spiro atoms. The molecule has 1 aromatic heterocycles. The van der Waals surface area contributed by atoms with Crippen LogP contribution in [0.4, 0.5) is 4.39 Å². The number of benzene rings is 1. The number of ether oxygens (including phenoxy) is 1. The number of hydrogen-bond donors (Lipinski definition) is 2. The van der Waals surface area contributed by atoms with Crippen LogP contribution in [0.2, 0.25) is 0 Å². The maximum absolute atomic E-state index is 12.2. The lowest BCUT2D eigenvalue weighted by Crippen LogP contribution is -2.36. The minimum absolute atomic E-state index is 0.209. The normalized spacial score (nSPS) is 16.7. The fourth-order valence-corrected chi connectivity index (χ4v) is 4.63. The fourth-order valence-electron chi connectivity index (χ4n) is 3.17. The van der Waals surface area contributed by atoms with Crippen molar-refractivity contribution in [1.82, 2.24) is 19.3 Å². The van der Waals surface area contributed by atoms with Gasteiger partial charge in [0.2, 0.25) is 0 Å². The molecule has 7 nitrogen and oxygen atoms in total. The number of nitrogens with one attached hydrogen (secondary N) is 2. The van der Waals surface area contributed by atoms with Gasteiger partial charge in [0.15, 0.2) is 10.8 Å². The number of carbonyl (C=O) groups is 1. The largest absolute Gasteiger partial charge is 0.463 e. The minimum atomic E-state index is -0.267. The van der Waals surface area contributed by atoms with E-state index in [0.717, 1.165) is 34.0 Å². The molecule has 0 aliphatic carbocycles. The lowest BCUT2D eigenvalue weighted by molar-refractivity contribution is -0.138. The van der Waals surface area contributed by atoms with Gasteiger partial charge in [0, 0.05) is 52.9 Å². The van der Waals surface area contributed by atoms with E-state index in [1.807, 2.05) is 33.2 Å².